The first-order valence-electron chi connectivity index (χ1n) is 6.72. The van der Waals surface area contributed by atoms with Gasteiger partial charge >= 0.3 is 0 Å². The van der Waals surface area contributed by atoms with Gasteiger partial charge in [0, 0.05) is 12.2 Å². The second-order valence-electron chi connectivity index (χ2n) is 4.75. The van der Waals surface area contributed by atoms with Gasteiger partial charge in [0.25, 0.3) is 0 Å². The summed E-state index contributed by atoms with van der Waals surface area (Å²) < 4.78 is 26.1. The van der Waals surface area contributed by atoms with E-state index in [4.69, 9.17) is 0 Å². The molecule has 0 aromatic heterocycles. The zero-order chi connectivity index (χ0) is 14.5. The topological polar surface area (TPSA) is 58.2 Å². The van der Waals surface area contributed by atoms with Crippen molar-refractivity contribution in [2.75, 3.05) is 18.9 Å². The van der Waals surface area contributed by atoms with E-state index in [-0.39, 0.29) is 0 Å². The molecule has 19 heavy (non-hydrogen) atoms. The Labute approximate surface area is 116 Å². The largest absolute Gasteiger partial charge is 0.385 e. The Hall–Kier alpha value is -1.07. The lowest BCUT2D eigenvalue weighted by molar-refractivity contribution is 0.519. The van der Waals surface area contributed by atoms with Crippen molar-refractivity contribution in [1.82, 2.24) is 4.72 Å². The highest BCUT2D eigenvalue weighted by Gasteiger charge is 2.15. The zero-order valence-corrected chi connectivity index (χ0v) is 13.0. The summed E-state index contributed by atoms with van der Waals surface area (Å²) in [5.74, 6) is 0.616. The lowest BCUT2D eigenvalue weighted by Crippen LogP contribution is -2.20. The number of nitrogens with one attached hydrogen (secondary N) is 2. The van der Waals surface area contributed by atoms with Crippen LogP contribution in [0.1, 0.15) is 32.3 Å². The highest BCUT2D eigenvalue weighted by Crippen LogP contribution is 2.20. The third kappa shape index (κ3) is 4.21. The molecule has 0 aliphatic carbocycles. The smallest absolute Gasteiger partial charge is 0.240 e. The summed E-state index contributed by atoms with van der Waals surface area (Å²) in [6, 6.07) is 5.45. The van der Waals surface area contributed by atoms with E-state index in [1.54, 1.807) is 13.0 Å². The predicted molar refractivity (Wildman–Crippen MR) is 80.0 cm³/mol. The number of anilines is 1. The Morgan fingerprint density at radius 1 is 1.21 bits per heavy atom. The Bertz CT molecular complexity index is 508. The molecule has 0 fully saturated rings. The molecule has 0 spiro atoms. The van der Waals surface area contributed by atoms with Crippen LogP contribution in [0.4, 0.5) is 5.69 Å². The van der Waals surface area contributed by atoms with Crippen LogP contribution >= 0.6 is 0 Å². The van der Waals surface area contributed by atoms with Crippen LogP contribution in [-0.4, -0.2) is 22.0 Å². The maximum atomic E-state index is 11.9. The van der Waals surface area contributed by atoms with Crippen LogP contribution < -0.4 is 10.0 Å². The second kappa shape index (κ2) is 6.91. The first-order valence-corrected chi connectivity index (χ1v) is 8.21. The molecule has 0 radical (unpaired) electrons. The van der Waals surface area contributed by atoms with Crippen LogP contribution in [0.3, 0.4) is 0 Å². The highest BCUT2D eigenvalue weighted by molar-refractivity contribution is 7.89. The molecule has 0 bridgehead atoms. The minimum absolute atomic E-state index is 0.338. The Kier molecular flexibility index (Phi) is 5.82. The maximum absolute atomic E-state index is 11.9. The molecule has 1 aromatic rings. The molecule has 2 N–H and O–H groups in total. The first-order chi connectivity index (χ1) is 8.94. The third-order valence-corrected chi connectivity index (χ3v) is 5.05. The minimum atomic E-state index is -3.39. The number of aryl methyl sites for hydroxylation is 1. The summed E-state index contributed by atoms with van der Waals surface area (Å²) in [4.78, 5) is 0.338. The molecule has 1 aromatic carbocycles. The lowest BCUT2D eigenvalue weighted by Gasteiger charge is -2.15. The van der Waals surface area contributed by atoms with Crippen molar-refractivity contribution >= 4 is 15.7 Å². The summed E-state index contributed by atoms with van der Waals surface area (Å²) in [5.41, 5.74) is 1.61. The molecule has 0 heterocycles. The molecule has 0 unspecified atom stereocenters. The molecule has 4 nitrogen and oxygen atoms in total. The van der Waals surface area contributed by atoms with Gasteiger partial charge in [-0.3, -0.25) is 0 Å². The monoisotopic (exact) mass is 284 g/mol. The average molecular weight is 284 g/mol. The fraction of sp³-hybridized carbons (Fsp3) is 0.571. The van der Waals surface area contributed by atoms with E-state index in [9.17, 15) is 8.42 Å². The van der Waals surface area contributed by atoms with Gasteiger partial charge in [-0.05, 0) is 37.6 Å². The summed E-state index contributed by atoms with van der Waals surface area (Å²) in [6.45, 7) is 7.01. The SMILES string of the molecule is CCC(CC)CNc1ccc(C)c(S(=O)(=O)NC)c1. The molecule has 0 aliphatic heterocycles. The standard InChI is InChI=1S/C14H24N2O2S/c1-5-12(6-2)10-16-13-8-7-11(3)14(9-13)19(17,18)15-4/h7-9,12,15-16H,5-6,10H2,1-4H3. The predicted octanol–water partition coefficient (Wildman–Crippen LogP) is 2.75. The van der Waals surface area contributed by atoms with Gasteiger partial charge in [-0.2, -0.15) is 0 Å². The van der Waals surface area contributed by atoms with Gasteiger partial charge in [-0.25, -0.2) is 13.1 Å². The van der Waals surface area contributed by atoms with E-state index >= 15 is 0 Å². The quantitative estimate of drug-likeness (QED) is 0.809. The second-order valence-corrected chi connectivity index (χ2v) is 6.61. The van der Waals surface area contributed by atoms with Gasteiger partial charge in [-0.1, -0.05) is 32.8 Å². The number of benzene rings is 1. The maximum Gasteiger partial charge on any atom is 0.240 e. The average Bonchev–Trinajstić information content (AvgIpc) is 2.41. The van der Waals surface area contributed by atoms with Crippen LogP contribution in [0.15, 0.2) is 23.1 Å². The summed E-state index contributed by atoms with van der Waals surface area (Å²) in [6.07, 6.45) is 2.24. The van der Waals surface area contributed by atoms with Crippen molar-refractivity contribution in [3.63, 3.8) is 0 Å². The van der Waals surface area contributed by atoms with Gasteiger partial charge in [0.2, 0.25) is 10.0 Å². The highest BCUT2D eigenvalue weighted by atomic mass is 32.2. The van der Waals surface area contributed by atoms with Crippen molar-refractivity contribution in [2.24, 2.45) is 5.92 Å². The molecular formula is C14H24N2O2S. The molecule has 0 saturated heterocycles. The fourth-order valence-electron chi connectivity index (χ4n) is 1.95. The van der Waals surface area contributed by atoms with Crippen molar-refractivity contribution in [2.45, 2.75) is 38.5 Å². The fourth-order valence-corrected chi connectivity index (χ4v) is 2.94. The number of hydrogen-bond donors (Lipinski definition) is 2. The summed E-state index contributed by atoms with van der Waals surface area (Å²) in [7, 11) is -1.96. The number of hydrogen-bond acceptors (Lipinski definition) is 3. The Morgan fingerprint density at radius 3 is 2.37 bits per heavy atom. The van der Waals surface area contributed by atoms with Gasteiger partial charge in [-0.15, -0.1) is 0 Å². The van der Waals surface area contributed by atoms with Gasteiger partial charge in [0.1, 0.15) is 0 Å². The van der Waals surface area contributed by atoms with Crippen molar-refractivity contribution in [3.05, 3.63) is 23.8 Å². The van der Waals surface area contributed by atoms with Gasteiger partial charge in [0.15, 0.2) is 0 Å². The van der Waals surface area contributed by atoms with Crippen LogP contribution in [0.2, 0.25) is 0 Å². The molecule has 5 heteroatoms. The van der Waals surface area contributed by atoms with E-state index < -0.39 is 10.0 Å². The van der Waals surface area contributed by atoms with Crippen molar-refractivity contribution < 1.29 is 8.42 Å². The van der Waals surface area contributed by atoms with Gasteiger partial charge in [0.05, 0.1) is 4.90 Å². The molecular weight excluding hydrogens is 260 g/mol. The van der Waals surface area contributed by atoms with E-state index in [1.165, 1.54) is 7.05 Å². The lowest BCUT2D eigenvalue weighted by atomic mass is 10.0. The summed E-state index contributed by atoms with van der Waals surface area (Å²) >= 11 is 0. The van der Waals surface area contributed by atoms with Crippen LogP contribution in [0.5, 0.6) is 0 Å². The summed E-state index contributed by atoms with van der Waals surface area (Å²) in [5, 5.41) is 3.32. The van der Waals surface area contributed by atoms with Crippen molar-refractivity contribution in [3.8, 4) is 0 Å². The molecule has 0 saturated carbocycles. The Balaban J connectivity index is 2.91. The molecule has 0 aliphatic rings. The molecule has 108 valence electrons. The van der Waals surface area contributed by atoms with Crippen LogP contribution in [0.25, 0.3) is 0 Å². The number of sulfonamides is 1. The van der Waals surface area contributed by atoms with E-state index in [1.807, 2.05) is 12.1 Å². The zero-order valence-electron chi connectivity index (χ0n) is 12.2. The van der Waals surface area contributed by atoms with Crippen molar-refractivity contribution in [1.29, 1.82) is 0 Å². The van der Waals surface area contributed by atoms with Gasteiger partial charge < -0.3 is 5.32 Å². The van der Waals surface area contributed by atoms with E-state index in [0.717, 1.165) is 30.6 Å². The minimum Gasteiger partial charge on any atom is -0.385 e. The Morgan fingerprint density at radius 2 is 1.84 bits per heavy atom. The normalized spacial score (nSPS) is 11.8. The van der Waals surface area contributed by atoms with Crippen LogP contribution in [-0.2, 0) is 10.0 Å². The molecule has 1 rings (SSSR count). The third-order valence-electron chi connectivity index (χ3n) is 3.50. The first kappa shape index (κ1) is 16.0. The van der Waals surface area contributed by atoms with E-state index in [0.29, 0.717) is 10.8 Å². The number of rotatable bonds is 7. The molecule has 0 amide bonds. The van der Waals surface area contributed by atoms with Crippen LogP contribution in [0, 0.1) is 12.8 Å². The molecule has 0 atom stereocenters. The van der Waals surface area contributed by atoms with E-state index in [2.05, 4.69) is 23.9 Å².